The maximum Gasteiger partial charge on any atom is 0.240 e. The Morgan fingerprint density at radius 1 is 0.912 bits per heavy atom. The van der Waals surface area contributed by atoms with Crippen molar-refractivity contribution in [2.45, 2.75) is 30.8 Å². The van der Waals surface area contributed by atoms with E-state index in [2.05, 4.69) is 10.0 Å². The first-order valence-electron chi connectivity index (χ1n) is 10.7. The molecule has 0 atom stereocenters. The summed E-state index contributed by atoms with van der Waals surface area (Å²) in [6.07, 6.45) is 0.819. The fourth-order valence-corrected chi connectivity index (χ4v) is 4.20. The van der Waals surface area contributed by atoms with E-state index < -0.39 is 15.8 Å². The Morgan fingerprint density at radius 2 is 1.59 bits per heavy atom. The zero-order valence-electron chi connectivity index (χ0n) is 18.8. The number of hydrogen-bond acceptors (Lipinski definition) is 5. The van der Waals surface area contributed by atoms with Crippen LogP contribution in [0.5, 0.6) is 11.5 Å². The highest BCUT2D eigenvalue weighted by atomic mass is 32.2. The van der Waals surface area contributed by atoms with E-state index in [0.29, 0.717) is 29.9 Å². The molecule has 0 aliphatic rings. The molecule has 0 aliphatic carbocycles. The number of rotatable bonds is 12. The normalized spacial score (nSPS) is 11.1. The molecule has 180 valence electrons. The first-order chi connectivity index (χ1) is 16.4. The lowest BCUT2D eigenvalue weighted by Crippen LogP contribution is -2.25. The molecule has 34 heavy (non-hydrogen) atoms. The zero-order valence-corrected chi connectivity index (χ0v) is 19.6. The summed E-state index contributed by atoms with van der Waals surface area (Å²) in [4.78, 5) is 12.2. The van der Waals surface area contributed by atoms with E-state index >= 15 is 0 Å². The molecule has 3 rings (SSSR count). The second-order valence-corrected chi connectivity index (χ2v) is 9.27. The molecule has 1 amide bonds. The van der Waals surface area contributed by atoms with Crippen LogP contribution in [0.2, 0.25) is 0 Å². The number of nitrogens with one attached hydrogen (secondary N) is 2. The first kappa shape index (κ1) is 25.2. The second kappa shape index (κ2) is 12.2. The highest BCUT2D eigenvalue weighted by Gasteiger charge is 2.14. The smallest absolute Gasteiger partial charge is 0.240 e. The van der Waals surface area contributed by atoms with Crippen molar-refractivity contribution in [1.29, 1.82) is 0 Å². The van der Waals surface area contributed by atoms with Crippen molar-refractivity contribution in [3.63, 3.8) is 0 Å². The van der Waals surface area contributed by atoms with Gasteiger partial charge < -0.3 is 14.8 Å². The van der Waals surface area contributed by atoms with E-state index in [1.165, 1.54) is 30.3 Å². The van der Waals surface area contributed by atoms with E-state index in [1.807, 2.05) is 0 Å². The fraction of sp³-hybridized carbons (Fsp3) is 0.240. The molecule has 3 aromatic carbocycles. The van der Waals surface area contributed by atoms with Crippen LogP contribution in [0.15, 0.2) is 77.7 Å². The van der Waals surface area contributed by atoms with Crippen LogP contribution in [0.3, 0.4) is 0 Å². The summed E-state index contributed by atoms with van der Waals surface area (Å²) in [5.41, 5.74) is 1.17. The van der Waals surface area contributed by atoms with Gasteiger partial charge in [-0.1, -0.05) is 24.3 Å². The number of methoxy groups -OCH3 is 1. The average molecular weight is 487 g/mol. The van der Waals surface area contributed by atoms with Gasteiger partial charge >= 0.3 is 0 Å². The molecular weight excluding hydrogens is 459 g/mol. The van der Waals surface area contributed by atoms with Gasteiger partial charge in [0.15, 0.2) is 0 Å². The summed E-state index contributed by atoms with van der Waals surface area (Å²) in [6.45, 7) is 0.565. The largest absolute Gasteiger partial charge is 0.497 e. The Balaban J connectivity index is 1.43. The highest BCUT2D eigenvalue weighted by molar-refractivity contribution is 7.89. The van der Waals surface area contributed by atoms with E-state index in [-0.39, 0.29) is 30.3 Å². The van der Waals surface area contributed by atoms with Crippen LogP contribution >= 0.6 is 0 Å². The van der Waals surface area contributed by atoms with Crippen LogP contribution in [-0.4, -0.2) is 28.0 Å². The number of carbonyl (C=O) groups excluding carboxylic acids is 1. The molecule has 2 N–H and O–H groups in total. The Hall–Kier alpha value is -3.43. The third-order valence-electron chi connectivity index (χ3n) is 4.93. The molecule has 0 unspecified atom stereocenters. The lowest BCUT2D eigenvalue weighted by molar-refractivity contribution is -0.121. The first-order valence-corrected chi connectivity index (χ1v) is 12.2. The predicted octanol–water partition coefficient (Wildman–Crippen LogP) is 3.79. The van der Waals surface area contributed by atoms with E-state index in [1.54, 1.807) is 49.6 Å². The Bertz CT molecular complexity index is 1200. The van der Waals surface area contributed by atoms with Crippen LogP contribution in [0, 0.1) is 5.82 Å². The number of amides is 1. The van der Waals surface area contributed by atoms with Crippen LogP contribution in [0.1, 0.15) is 24.0 Å². The van der Waals surface area contributed by atoms with Crippen molar-refractivity contribution in [3.05, 3.63) is 89.7 Å². The van der Waals surface area contributed by atoms with E-state index in [0.717, 1.165) is 5.75 Å². The van der Waals surface area contributed by atoms with Crippen molar-refractivity contribution in [3.8, 4) is 11.5 Å². The number of halogens is 1. The van der Waals surface area contributed by atoms with E-state index in [9.17, 15) is 17.6 Å². The average Bonchev–Trinajstić information content (AvgIpc) is 2.85. The molecule has 0 saturated carbocycles. The number of benzene rings is 3. The molecule has 0 bridgehead atoms. The molecule has 0 aliphatic heterocycles. The lowest BCUT2D eigenvalue weighted by Gasteiger charge is -2.10. The Kier molecular flexibility index (Phi) is 9.00. The number of carbonyl (C=O) groups is 1. The summed E-state index contributed by atoms with van der Waals surface area (Å²) in [5.74, 6) is 0.855. The second-order valence-electron chi connectivity index (χ2n) is 7.51. The Morgan fingerprint density at radius 3 is 2.29 bits per heavy atom. The predicted molar refractivity (Wildman–Crippen MR) is 126 cm³/mol. The summed E-state index contributed by atoms with van der Waals surface area (Å²) in [6, 6.07) is 19.2. The van der Waals surface area contributed by atoms with Crippen LogP contribution in [0.4, 0.5) is 4.39 Å². The molecule has 0 fully saturated rings. The molecule has 3 aromatic rings. The van der Waals surface area contributed by atoms with Gasteiger partial charge in [0.25, 0.3) is 0 Å². The van der Waals surface area contributed by atoms with Gasteiger partial charge in [0.1, 0.15) is 17.3 Å². The molecule has 0 aromatic heterocycles. The molecule has 0 spiro atoms. The van der Waals surface area contributed by atoms with Crippen molar-refractivity contribution in [2.75, 3.05) is 13.7 Å². The van der Waals surface area contributed by atoms with Crippen molar-refractivity contribution in [1.82, 2.24) is 10.0 Å². The minimum Gasteiger partial charge on any atom is -0.497 e. The molecule has 9 heteroatoms. The maximum atomic E-state index is 13.3. The zero-order chi connectivity index (χ0) is 24.4. The summed E-state index contributed by atoms with van der Waals surface area (Å²) in [7, 11) is -2.20. The Labute approximate surface area is 199 Å². The van der Waals surface area contributed by atoms with Crippen LogP contribution in [-0.2, 0) is 27.9 Å². The van der Waals surface area contributed by atoms with Gasteiger partial charge in [-0.05, 0) is 66.1 Å². The molecule has 0 saturated heterocycles. The fourth-order valence-electron chi connectivity index (χ4n) is 3.11. The van der Waals surface area contributed by atoms with Crippen molar-refractivity contribution in [2.24, 2.45) is 0 Å². The van der Waals surface area contributed by atoms with Crippen molar-refractivity contribution < 1.29 is 27.1 Å². The molecular formula is C25H27FN2O5S. The van der Waals surface area contributed by atoms with Crippen molar-refractivity contribution >= 4 is 15.9 Å². The van der Waals surface area contributed by atoms with Gasteiger partial charge in [-0.25, -0.2) is 17.5 Å². The van der Waals surface area contributed by atoms with Crippen LogP contribution < -0.4 is 19.5 Å². The van der Waals surface area contributed by atoms with Gasteiger partial charge in [-0.3, -0.25) is 4.79 Å². The SMILES string of the molecule is COc1ccc(OCCCC(=O)NCc2cccc(S(=O)(=O)NCc3cccc(F)c3)c2)cc1. The minimum absolute atomic E-state index is 0.0281. The number of ether oxygens (including phenoxy) is 2. The van der Waals surface area contributed by atoms with Gasteiger partial charge in [0.2, 0.25) is 15.9 Å². The highest BCUT2D eigenvalue weighted by Crippen LogP contribution is 2.17. The van der Waals surface area contributed by atoms with Gasteiger partial charge in [0, 0.05) is 19.5 Å². The van der Waals surface area contributed by atoms with E-state index in [4.69, 9.17) is 9.47 Å². The maximum absolute atomic E-state index is 13.3. The topological polar surface area (TPSA) is 93.7 Å². The summed E-state index contributed by atoms with van der Waals surface area (Å²) < 4.78 is 51.6. The quantitative estimate of drug-likeness (QED) is 0.380. The van der Waals surface area contributed by atoms with Gasteiger partial charge in [-0.15, -0.1) is 0 Å². The van der Waals surface area contributed by atoms with Crippen LogP contribution in [0.25, 0.3) is 0 Å². The third kappa shape index (κ3) is 7.86. The lowest BCUT2D eigenvalue weighted by atomic mass is 10.2. The third-order valence-corrected chi connectivity index (χ3v) is 6.33. The standard InChI is InChI=1S/C25H27FN2O5S/c1-32-22-10-12-23(13-11-22)33-14-4-9-25(29)27-17-20-6-3-8-24(16-20)34(30,31)28-18-19-5-2-7-21(26)15-19/h2-3,5-8,10-13,15-16,28H,4,9,14,17-18H2,1H3,(H,27,29). The van der Waals surface area contributed by atoms with Gasteiger partial charge in [0.05, 0.1) is 18.6 Å². The van der Waals surface area contributed by atoms with Gasteiger partial charge in [-0.2, -0.15) is 0 Å². The minimum atomic E-state index is -3.79. The monoisotopic (exact) mass is 486 g/mol. The summed E-state index contributed by atoms with van der Waals surface area (Å²) in [5, 5.41) is 2.79. The molecule has 7 nitrogen and oxygen atoms in total. The molecule has 0 radical (unpaired) electrons. The molecule has 0 heterocycles. The summed E-state index contributed by atoms with van der Waals surface area (Å²) >= 11 is 0. The number of sulfonamides is 1. The number of hydrogen-bond donors (Lipinski definition) is 2.